The van der Waals surface area contributed by atoms with E-state index in [1.54, 1.807) is 6.20 Å². The molecule has 2 rings (SSSR count). The first-order chi connectivity index (χ1) is 10.9. The van der Waals surface area contributed by atoms with Gasteiger partial charge in [-0.05, 0) is 32.6 Å². The SMILES string of the molecule is CC(C)(C)OC(=O)NCCC=Cc1cnc(Cl)c2ccccc12. The maximum atomic E-state index is 11.5. The lowest BCUT2D eigenvalue weighted by atomic mass is 10.1. The summed E-state index contributed by atoms with van der Waals surface area (Å²) in [5.74, 6) is 0. The molecular formula is C18H21ClN2O2. The molecule has 0 spiro atoms. The summed E-state index contributed by atoms with van der Waals surface area (Å²) in [6, 6.07) is 7.88. The maximum Gasteiger partial charge on any atom is 0.407 e. The van der Waals surface area contributed by atoms with Crippen molar-refractivity contribution in [2.24, 2.45) is 0 Å². The highest BCUT2D eigenvalue weighted by Crippen LogP contribution is 2.24. The maximum absolute atomic E-state index is 11.5. The number of hydrogen-bond acceptors (Lipinski definition) is 3. The number of hydrogen-bond donors (Lipinski definition) is 1. The van der Waals surface area contributed by atoms with Gasteiger partial charge in [0.05, 0.1) is 0 Å². The summed E-state index contributed by atoms with van der Waals surface area (Å²) in [6.07, 6.45) is 6.04. The minimum absolute atomic E-state index is 0.399. The van der Waals surface area contributed by atoms with Crippen LogP contribution in [0.4, 0.5) is 4.79 Å². The molecule has 0 aliphatic carbocycles. The lowest BCUT2D eigenvalue weighted by Gasteiger charge is -2.19. The number of aromatic nitrogens is 1. The number of nitrogens with zero attached hydrogens (tertiary/aromatic N) is 1. The molecule has 122 valence electrons. The van der Waals surface area contributed by atoms with E-state index in [1.807, 2.05) is 57.2 Å². The molecule has 2 aromatic rings. The number of nitrogens with one attached hydrogen (secondary N) is 1. The van der Waals surface area contributed by atoms with Crippen LogP contribution in [0, 0.1) is 0 Å². The van der Waals surface area contributed by atoms with Gasteiger partial charge in [-0.15, -0.1) is 0 Å². The zero-order chi connectivity index (χ0) is 16.9. The summed E-state index contributed by atoms with van der Waals surface area (Å²) >= 11 is 6.10. The van der Waals surface area contributed by atoms with Gasteiger partial charge in [-0.3, -0.25) is 0 Å². The summed E-state index contributed by atoms with van der Waals surface area (Å²) < 4.78 is 5.17. The summed E-state index contributed by atoms with van der Waals surface area (Å²) in [5, 5.41) is 5.22. The Morgan fingerprint density at radius 1 is 1.30 bits per heavy atom. The third-order valence-corrected chi connectivity index (χ3v) is 3.36. The van der Waals surface area contributed by atoms with Crippen LogP contribution < -0.4 is 5.32 Å². The standard InChI is InChI=1S/C18H21ClN2O2/c1-18(2,3)23-17(22)20-11-7-6-8-13-12-21-16(19)15-10-5-4-9-14(13)15/h4-6,8-10,12H,7,11H2,1-3H3,(H,20,22). The van der Waals surface area contributed by atoms with Gasteiger partial charge in [0.15, 0.2) is 0 Å². The number of ether oxygens (including phenoxy) is 1. The van der Waals surface area contributed by atoms with Crippen LogP contribution in [-0.4, -0.2) is 23.2 Å². The fraction of sp³-hybridized carbons (Fsp3) is 0.333. The Balaban J connectivity index is 1.92. The summed E-state index contributed by atoms with van der Waals surface area (Å²) in [6.45, 7) is 6.03. The van der Waals surface area contributed by atoms with Crippen molar-refractivity contribution in [2.45, 2.75) is 32.8 Å². The molecular weight excluding hydrogens is 312 g/mol. The molecule has 0 saturated carbocycles. The minimum Gasteiger partial charge on any atom is -0.444 e. The Labute approximate surface area is 141 Å². The number of amides is 1. The van der Waals surface area contributed by atoms with E-state index < -0.39 is 11.7 Å². The molecule has 1 aromatic heterocycles. The largest absolute Gasteiger partial charge is 0.444 e. The van der Waals surface area contributed by atoms with Crippen molar-refractivity contribution in [3.63, 3.8) is 0 Å². The molecule has 5 heteroatoms. The number of pyridine rings is 1. The van der Waals surface area contributed by atoms with Crippen molar-refractivity contribution >= 4 is 34.5 Å². The molecule has 0 fully saturated rings. The predicted octanol–water partition coefficient (Wildman–Crippen LogP) is 4.82. The summed E-state index contributed by atoms with van der Waals surface area (Å²) in [5.41, 5.74) is 0.524. The number of carbonyl (C=O) groups is 1. The molecule has 0 bridgehead atoms. The summed E-state index contributed by atoms with van der Waals surface area (Å²) in [7, 11) is 0. The van der Waals surface area contributed by atoms with Gasteiger partial charge in [0.25, 0.3) is 0 Å². The minimum atomic E-state index is -0.478. The Morgan fingerprint density at radius 3 is 2.70 bits per heavy atom. The second kappa shape index (κ2) is 7.47. The Bertz CT molecular complexity index is 721. The first kappa shape index (κ1) is 17.3. The van der Waals surface area contributed by atoms with Gasteiger partial charge in [0.2, 0.25) is 0 Å². The molecule has 0 saturated heterocycles. The average molecular weight is 333 g/mol. The monoisotopic (exact) mass is 332 g/mol. The molecule has 0 atom stereocenters. The predicted molar refractivity (Wildman–Crippen MR) is 94.6 cm³/mol. The zero-order valence-electron chi connectivity index (χ0n) is 13.6. The van der Waals surface area contributed by atoms with Crippen molar-refractivity contribution in [3.8, 4) is 0 Å². The van der Waals surface area contributed by atoms with Crippen LogP contribution in [0.25, 0.3) is 16.8 Å². The van der Waals surface area contributed by atoms with E-state index >= 15 is 0 Å². The molecule has 4 nitrogen and oxygen atoms in total. The Hall–Kier alpha value is -2.07. The Kier molecular flexibility index (Phi) is 5.61. The third-order valence-electron chi connectivity index (χ3n) is 3.05. The van der Waals surface area contributed by atoms with Gasteiger partial charge >= 0.3 is 6.09 Å². The quantitative estimate of drug-likeness (QED) is 0.645. The fourth-order valence-corrected chi connectivity index (χ4v) is 2.31. The number of alkyl carbamates (subject to hydrolysis) is 1. The van der Waals surface area contributed by atoms with Crippen LogP contribution in [0.2, 0.25) is 5.15 Å². The van der Waals surface area contributed by atoms with E-state index in [1.165, 1.54) is 0 Å². The molecule has 0 radical (unpaired) electrons. The van der Waals surface area contributed by atoms with E-state index in [4.69, 9.17) is 16.3 Å². The van der Waals surface area contributed by atoms with Crippen LogP contribution in [-0.2, 0) is 4.74 Å². The van der Waals surface area contributed by atoms with E-state index in [0.29, 0.717) is 18.1 Å². The molecule has 0 aliphatic heterocycles. The first-order valence-electron chi connectivity index (χ1n) is 7.53. The van der Waals surface area contributed by atoms with Crippen LogP contribution >= 0.6 is 11.6 Å². The molecule has 1 heterocycles. The van der Waals surface area contributed by atoms with Gasteiger partial charge in [0.1, 0.15) is 10.8 Å². The van der Waals surface area contributed by atoms with Crippen molar-refractivity contribution in [1.82, 2.24) is 10.3 Å². The molecule has 1 N–H and O–H groups in total. The normalized spacial score (nSPS) is 11.8. The Morgan fingerprint density at radius 2 is 2.00 bits per heavy atom. The van der Waals surface area contributed by atoms with Crippen LogP contribution in [0.5, 0.6) is 0 Å². The molecule has 1 amide bonds. The lowest BCUT2D eigenvalue weighted by molar-refractivity contribution is 0.0529. The zero-order valence-corrected chi connectivity index (χ0v) is 14.4. The lowest BCUT2D eigenvalue weighted by Crippen LogP contribution is -2.32. The topological polar surface area (TPSA) is 51.2 Å². The van der Waals surface area contributed by atoms with E-state index in [2.05, 4.69) is 10.3 Å². The number of fused-ring (bicyclic) bond motifs is 1. The number of halogens is 1. The van der Waals surface area contributed by atoms with Crippen molar-refractivity contribution in [3.05, 3.63) is 47.3 Å². The number of carbonyl (C=O) groups excluding carboxylic acids is 1. The van der Waals surface area contributed by atoms with E-state index in [9.17, 15) is 4.79 Å². The second-order valence-corrected chi connectivity index (χ2v) is 6.53. The van der Waals surface area contributed by atoms with Crippen LogP contribution in [0.3, 0.4) is 0 Å². The van der Waals surface area contributed by atoms with Crippen molar-refractivity contribution in [1.29, 1.82) is 0 Å². The van der Waals surface area contributed by atoms with Gasteiger partial charge in [-0.1, -0.05) is 48.0 Å². The fourth-order valence-electron chi connectivity index (χ4n) is 2.09. The van der Waals surface area contributed by atoms with Crippen LogP contribution in [0.15, 0.2) is 36.5 Å². The molecule has 0 aliphatic rings. The first-order valence-corrected chi connectivity index (χ1v) is 7.91. The highest BCUT2D eigenvalue weighted by atomic mass is 35.5. The van der Waals surface area contributed by atoms with Gasteiger partial charge in [-0.25, -0.2) is 9.78 Å². The smallest absolute Gasteiger partial charge is 0.407 e. The number of rotatable bonds is 4. The summed E-state index contributed by atoms with van der Waals surface area (Å²) in [4.78, 5) is 15.7. The van der Waals surface area contributed by atoms with Gasteiger partial charge < -0.3 is 10.1 Å². The highest BCUT2D eigenvalue weighted by molar-refractivity contribution is 6.34. The van der Waals surface area contributed by atoms with Crippen LogP contribution in [0.1, 0.15) is 32.8 Å². The second-order valence-electron chi connectivity index (χ2n) is 6.17. The van der Waals surface area contributed by atoms with Crippen molar-refractivity contribution in [2.75, 3.05) is 6.54 Å². The molecule has 0 unspecified atom stereocenters. The van der Waals surface area contributed by atoms with Crippen molar-refractivity contribution < 1.29 is 9.53 Å². The van der Waals surface area contributed by atoms with Gasteiger partial charge in [0, 0.05) is 23.7 Å². The third kappa shape index (κ3) is 5.25. The van der Waals surface area contributed by atoms with E-state index in [0.717, 1.165) is 16.3 Å². The molecule has 1 aromatic carbocycles. The highest BCUT2D eigenvalue weighted by Gasteiger charge is 2.15. The average Bonchev–Trinajstić information content (AvgIpc) is 2.47. The molecule has 23 heavy (non-hydrogen) atoms. The number of benzene rings is 1. The van der Waals surface area contributed by atoms with E-state index in [-0.39, 0.29) is 0 Å². The van der Waals surface area contributed by atoms with Gasteiger partial charge in [-0.2, -0.15) is 0 Å².